The molecule has 10 heteroatoms. The van der Waals surface area contributed by atoms with E-state index in [2.05, 4.69) is 20.0 Å². The van der Waals surface area contributed by atoms with E-state index in [0.717, 1.165) is 0 Å². The number of aromatic nitrogens is 1. The van der Waals surface area contributed by atoms with Gasteiger partial charge in [0.2, 0.25) is 11.9 Å². The van der Waals surface area contributed by atoms with Crippen molar-refractivity contribution < 1.29 is 17.2 Å². The van der Waals surface area contributed by atoms with Crippen LogP contribution in [-0.4, -0.2) is 19.4 Å². The molecule has 1 aliphatic heterocycles. The minimum Gasteiger partial charge on any atom is -0.447 e. The number of hydrogen-bond donors (Lipinski definition) is 2. The smallest absolute Gasteiger partial charge is 0.287 e. The third-order valence-electron chi connectivity index (χ3n) is 4.07. The number of fused-ring (bicyclic) bond motifs is 1. The van der Waals surface area contributed by atoms with Crippen LogP contribution in [0, 0.1) is 12.7 Å². The number of aryl methyl sites for hydroxylation is 1. The van der Waals surface area contributed by atoms with Crippen molar-refractivity contribution >= 4 is 33.3 Å². The van der Waals surface area contributed by atoms with Crippen LogP contribution in [0.25, 0.3) is 11.1 Å². The van der Waals surface area contributed by atoms with Crippen LogP contribution >= 0.6 is 11.6 Å². The van der Waals surface area contributed by atoms with Crippen molar-refractivity contribution in [1.82, 2.24) is 10.3 Å². The van der Waals surface area contributed by atoms with E-state index in [1.807, 2.05) is 0 Å². The zero-order valence-corrected chi connectivity index (χ0v) is 16.1. The summed E-state index contributed by atoms with van der Waals surface area (Å²) in [5.41, 5.74) is 1.77. The van der Waals surface area contributed by atoms with Gasteiger partial charge in [0.1, 0.15) is 17.0 Å². The van der Waals surface area contributed by atoms with Gasteiger partial charge in [0, 0.05) is 11.1 Å². The van der Waals surface area contributed by atoms with Gasteiger partial charge in [-0.05, 0) is 19.1 Å². The second-order valence-electron chi connectivity index (χ2n) is 6.06. The van der Waals surface area contributed by atoms with Gasteiger partial charge >= 0.3 is 0 Å². The topological polar surface area (TPSA) is 96.6 Å². The van der Waals surface area contributed by atoms with Gasteiger partial charge in [-0.25, -0.2) is 9.37 Å². The van der Waals surface area contributed by atoms with E-state index < -0.39 is 15.8 Å². The van der Waals surface area contributed by atoms with Gasteiger partial charge in [-0.15, -0.1) is 4.40 Å². The van der Waals surface area contributed by atoms with Crippen molar-refractivity contribution in [1.29, 1.82) is 0 Å². The summed E-state index contributed by atoms with van der Waals surface area (Å²) in [5, 5.41) is 5.71. The Balaban J connectivity index is 1.73. The second-order valence-corrected chi connectivity index (χ2v) is 8.01. The molecule has 2 heterocycles. The molecular formula is C18H14ClFN4O3S. The first-order valence-corrected chi connectivity index (χ1v) is 10.0. The number of para-hydroxylation sites is 1. The fourth-order valence-electron chi connectivity index (χ4n) is 2.84. The maximum absolute atomic E-state index is 13.9. The predicted molar refractivity (Wildman–Crippen MR) is 103 cm³/mol. The molecule has 0 aliphatic carbocycles. The fraction of sp³-hybridized carbons (Fsp3) is 0.111. The number of halogens is 2. The lowest BCUT2D eigenvalue weighted by molar-refractivity contribution is 0.488. The van der Waals surface area contributed by atoms with Gasteiger partial charge in [-0.2, -0.15) is 8.42 Å². The van der Waals surface area contributed by atoms with E-state index in [4.69, 9.17) is 16.0 Å². The molecule has 3 aromatic rings. The molecule has 1 aromatic heterocycles. The Morgan fingerprint density at radius 2 is 1.96 bits per heavy atom. The van der Waals surface area contributed by atoms with Crippen molar-refractivity contribution in [2.45, 2.75) is 18.4 Å². The SMILES string of the molecule is Cc1coc(CNC2=NS(=O)(=O)c3cccc(-c4cccc(F)c4Cl)c3N2)n1. The highest BCUT2D eigenvalue weighted by Gasteiger charge is 2.28. The Morgan fingerprint density at radius 1 is 1.21 bits per heavy atom. The van der Waals surface area contributed by atoms with Crippen molar-refractivity contribution in [3.63, 3.8) is 0 Å². The Morgan fingerprint density at radius 3 is 2.71 bits per heavy atom. The molecule has 0 amide bonds. The molecule has 28 heavy (non-hydrogen) atoms. The van der Waals surface area contributed by atoms with Crippen molar-refractivity contribution in [3.8, 4) is 11.1 Å². The summed E-state index contributed by atoms with van der Waals surface area (Å²) in [5.74, 6) is -0.211. The molecular weight excluding hydrogens is 407 g/mol. The Labute approximate surface area is 165 Å². The minimum atomic E-state index is -3.97. The highest BCUT2D eigenvalue weighted by Crippen LogP contribution is 2.39. The molecule has 4 rings (SSSR count). The monoisotopic (exact) mass is 420 g/mol. The molecule has 7 nitrogen and oxygen atoms in total. The highest BCUT2D eigenvalue weighted by molar-refractivity contribution is 7.90. The number of oxazole rings is 1. The van der Waals surface area contributed by atoms with Gasteiger partial charge in [0.25, 0.3) is 10.0 Å². The maximum Gasteiger partial charge on any atom is 0.287 e. The molecule has 0 spiro atoms. The second kappa shape index (κ2) is 6.92. The molecule has 0 radical (unpaired) electrons. The molecule has 0 bridgehead atoms. The molecule has 144 valence electrons. The van der Waals surface area contributed by atoms with Crippen molar-refractivity contribution in [3.05, 3.63) is 65.1 Å². The van der Waals surface area contributed by atoms with Gasteiger partial charge in [-0.3, -0.25) is 0 Å². The minimum absolute atomic E-state index is 0.00308. The number of guanidine groups is 1. The van der Waals surface area contributed by atoms with Crippen LogP contribution in [0.1, 0.15) is 11.6 Å². The van der Waals surface area contributed by atoms with Crippen molar-refractivity contribution in [2.24, 2.45) is 4.40 Å². The number of nitrogens with one attached hydrogen (secondary N) is 2. The first-order chi connectivity index (χ1) is 13.3. The summed E-state index contributed by atoms with van der Waals surface area (Å²) in [7, 11) is -3.97. The van der Waals surface area contributed by atoms with E-state index in [-0.39, 0.29) is 28.1 Å². The van der Waals surface area contributed by atoms with Crippen molar-refractivity contribution in [2.75, 3.05) is 5.32 Å². The summed E-state index contributed by atoms with van der Waals surface area (Å²) in [6, 6.07) is 8.99. The molecule has 0 atom stereocenters. The molecule has 2 aromatic carbocycles. The molecule has 0 unspecified atom stereocenters. The predicted octanol–water partition coefficient (Wildman–Crippen LogP) is 3.70. The quantitative estimate of drug-likeness (QED) is 0.670. The lowest BCUT2D eigenvalue weighted by Gasteiger charge is -2.22. The molecule has 2 N–H and O–H groups in total. The number of rotatable bonds is 3. The lowest BCUT2D eigenvalue weighted by Crippen LogP contribution is -2.34. The first kappa shape index (κ1) is 18.5. The van der Waals surface area contributed by atoms with Crippen LogP contribution in [0.3, 0.4) is 0 Å². The molecule has 1 aliphatic rings. The average Bonchev–Trinajstić information content (AvgIpc) is 3.07. The van der Waals surface area contributed by atoms with Crippen LogP contribution < -0.4 is 10.6 Å². The Kier molecular flexibility index (Phi) is 4.56. The Hall–Kier alpha value is -2.91. The number of hydrogen-bond acceptors (Lipinski definition) is 6. The largest absolute Gasteiger partial charge is 0.447 e. The summed E-state index contributed by atoms with van der Waals surface area (Å²) >= 11 is 6.10. The summed E-state index contributed by atoms with van der Waals surface area (Å²) in [6.07, 6.45) is 1.49. The number of anilines is 1. The zero-order chi connectivity index (χ0) is 19.9. The van der Waals surface area contributed by atoms with Crippen LogP contribution in [-0.2, 0) is 16.6 Å². The van der Waals surface area contributed by atoms with Crippen LogP contribution in [0.5, 0.6) is 0 Å². The van der Waals surface area contributed by atoms with Gasteiger partial charge in [0.15, 0.2) is 0 Å². The fourth-order valence-corrected chi connectivity index (χ4v) is 4.19. The molecule has 0 saturated heterocycles. The van der Waals surface area contributed by atoms with Gasteiger partial charge < -0.3 is 15.1 Å². The van der Waals surface area contributed by atoms with Gasteiger partial charge in [0.05, 0.1) is 22.9 Å². The molecule has 0 saturated carbocycles. The number of benzene rings is 2. The van der Waals surface area contributed by atoms with E-state index >= 15 is 0 Å². The van der Waals surface area contributed by atoms with Crippen LogP contribution in [0.2, 0.25) is 5.02 Å². The summed E-state index contributed by atoms with van der Waals surface area (Å²) in [6.45, 7) is 1.91. The number of sulfonamides is 1. The number of nitrogens with zero attached hydrogens (tertiary/aromatic N) is 2. The van der Waals surface area contributed by atoms with E-state index in [0.29, 0.717) is 22.7 Å². The standard InChI is InChI=1S/C18H14ClFN4O3S/c1-10-9-27-15(22-10)8-21-18-23-17-12(11-4-2-6-13(20)16(11)19)5-3-7-14(17)28(25,26)24-18/h2-7,9H,8H2,1H3,(H2,21,23,24). The lowest BCUT2D eigenvalue weighted by atomic mass is 10.0. The van der Waals surface area contributed by atoms with Crippen LogP contribution in [0.4, 0.5) is 10.1 Å². The summed E-state index contributed by atoms with van der Waals surface area (Å²) in [4.78, 5) is 4.12. The van der Waals surface area contributed by atoms with E-state index in [9.17, 15) is 12.8 Å². The third-order valence-corrected chi connectivity index (χ3v) is 5.78. The average molecular weight is 421 g/mol. The first-order valence-electron chi connectivity index (χ1n) is 8.19. The van der Waals surface area contributed by atoms with E-state index in [1.54, 1.807) is 25.1 Å². The zero-order valence-electron chi connectivity index (χ0n) is 14.5. The highest BCUT2D eigenvalue weighted by atomic mass is 35.5. The van der Waals surface area contributed by atoms with Crippen LogP contribution in [0.15, 0.2) is 56.4 Å². The third kappa shape index (κ3) is 3.34. The summed E-state index contributed by atoms with van der Waals surface area (Å²) < 4.78 is 48.1. The maximum atomic E-state index is 13.9. The Bertz CT molecular complexity index is 1210. The van der Waals surface area contributed by atoms with E-state index in [1.165, 1.54) is 24.5 Å². The van der Waals surface area contributed by atoms with Gasteiger partial charge in [-0.1, -0.05) is 35.9 Å². The normalized spacial score (nSPS) is 14.8. The molecule has 0 fully saturated rings.